The van der Waals surface area contributed by atoms with Crippen LogP contribution in [0.4, 0.5) is 13.2 Å². The molecule has 1 amide bonds. The molecule has 30 heavy (non-hydrogen) atoms. The first-order valence-electron chi connectivity index (χ1n) is 9.31. The molecule has 0 saturated heterocycles. The molecule has 0 saturated carbocycles. The van der Waals surface area contributed by atoms with Crippen LogP contribution in [0.2, 0.25) is 0 Å². The van der Waals surface area contributed by atoms with E-state index in [0.717, 1.165) is 31.0 Å². The van der Waals surface area contributed by atoms with Crippen LogP contribution in [-0.4, -0.2) is 62.1 Å². The van der Waals surface area contributed by atoms with Gasteiger partial charge in [0.25, 0.3) is 0 Å². The van der Waals surface area contributed by atoms with Gasteiger partial charge in [0.15, 0.2) is 0 Å². The van der Waals surface area contributed by atoms with Crippen LogP contribution in [0.15, 0.2) is 23.0 Å². The summed E-state index contributed by atoms with van der Waals surface area (Å²) in [6.45, 7) is 7.51. The Bertz CT molecular complexity index is 850. The average molecular weight is 446 g/mol. The normalized spacial score (nSPS) is 13.8. The molecule has 0 unspecified atom stereocenters. The second kappa shape index (κ2) is 10.1. The third-order valence-corrected chi connectivity index (χ3v) is 5.50. The summed E-state index contributed by atoms with van der Waals surface area (Å²) < 4.78 is 34.0. The monoisotopic (exact) mass is 446 g/mol. The molecule has 0 radical (unpaired) electrons. The summed E-state index contributed by atoms with van der Waals surface area (Å²) in [7, 11) is 2.13. The summed E-state index contributed by atoms with van der Waals surface area (Å²) in [6.07, 6.45) is -2.63. The highest BCUT2D eigenvalue weighted by molar-refractivity contribution is 7.08. The fourth-order valence-electron chi connectivity index (χ4n) is 2.78. The van der Waals surface area contributed by atoms with Gasteiger partial charge in [-0.1, -0.05) is 0 Å². The number of aromatic nitrogens is 2. The first kappa shape index (κ1) is 23.9. The van der Waals surface area contributed by atoms with Crippen molar-refractivity contribution in [3.8, 4) is 0 Å². The molecule has 1 aliphatic rings. The lowest BCUT2D eigenvalue weighted by Crippen LogP contribution is -2.40. The third kappa shape index (κ3) is 6.56. The lowest BCUT2D eigenvalue weighted by atomic mass is 10.2. The summed E-state index contributed by atoms with van der Waals surface area (Å²) in [4.78, 5) is 30.1. The van der Waals surface area contributed by atoms with Crippen molar-refractivity contribution < 1.29 is 27.9 Å². The molecular weight excluding hydrogens is 421 g/mol. The number of thiophene rings is 1. The second-order valence-corrected chi connectivity index (χ2v) is 8.03. The molecule has 0 spiro atoms. The molecule has 3 rings (SSSR count). The molecule has 0 aromatic carbocycles. The van der Waals surface area contributed by atoms with Gasteiger partial charge < -0.3 is 14.6 Å². The minimum absolute atomic E-state index is 0.193. The van der Waals surface area contributed by atoms with Crippen molar-refractivity contribution in [1.82, 2.24) is 19.4 Å². The number of nitrogens with zero attached hydrogens (tertiary/aromatic N) is 4. The van der Waals surface area contributed by atoms with Gasteiger partial charge in [0, 0.05) is 31.9 Å². The number of imidazole rings is 1. The van der Waals surface area contributed by atoms with E-state index < -0.39 is 12.1 Å². The zero-order valence-electron chi connectivity index (χ0n) is 17.0. The maximum atomic E-state index is 12.4. The number of fused-ring (bicyclic) bond motifs is 1. The number of carbonyl (C=O) groups excluding carboxylic acids is 1. The van der Waals surface area contributed by atoms with Crippen LogP contribution in [0.5, 0.6) is 0 Å². The number of rotatable bonds is 5. The average Bonchev–Trinajstić information content (AvgIpc) is 3.31. The number of carboxylic acids is 1. The number of alkyl halides is 3. The van der Waals surface area contributed by atoms with Gasteiger partial charge in [-0.05, 0) is 43.3 Å². The summed E-state index contributed by atoms with van der Waals surface area (Å²) >= 11 is 1.64. The van der Waals surface area contributed by atoms with Crippen LogP contribution in [-0.2, 0) is 35.6 Å². The largest absolute Gasteiger partial charge is 0.490 e. The number of aliphatic carboxylic acids is 1. The van der Waals surface area contributed by atoms with E-state index >= 15 is 0 Å². The summed E-state index contributed by atoms with van der Waals surface area (Å²) in [5.41, 5.74) is 2.34. The van der Waals surface area contributed by atoms with E-state index in [1.165, 1.54) is 5.69 Å². The predicted molar refractivity (Wildman–Crippen MR) is 106 cm³/mol. The van der Waals surface area contributed by atoms with Crippen LogP contribution >= 0.6 is 11.3 Å². The van der Waals surface area contributed by atoms with Crippen molar-refractivity contribution in [1.29, 1.82) is 0 Å². The molecule has 2 aromatic heterocycles. The SMILES string of the molecule is CC(C)N(C)Cc1cnc2n1CCN(C(=O)Cc1ccsc1)C2.O=C(O)C(F)(F)F. The number of hydrogen-bond donors (Lipinski definition) is 1. The van der Waals surface area contributed by atoms with Gasteiger partial charge in [-0.25, -0.2) is 9.78 Å². The second-order valence-electron chi connectivity index (χ2n) is 7.25. The molecule has 0 atom stereocenters. The van der Waals surface area contributed by atoms with Crippen molar-refractivity contribution in [3.63, 3.8) is 0 Å². The van der Waals surface area contributed by atoms with Gasteiger partial charge in [0.1, 0.15) is 5.82 Å². The smallest absolute Gasteiger partial charge is 0.475 e. The number of hydrogen-bond acceptors (Lipinski definition) is 5. The minimum Gasteiger partial charge on any atom is -0.475 e. The molecule has 0 bridgehead atoms. The molecule has 2 aromatic rings. The Balaban J connectivity index is 0.000000396. The number of carboxylic acid groups (broad SMARTS) is 1. The van der Waals surface area contributed by atoms with E-state index in [2.05, 4.69) is 35.3 Å². The molecule has 1 aliphatic heterocycles. The Kier molecular flexibility index (Phi) is 8.02. The van der Waals surface area contributed by atoms with Crippen molar-refractivity contribution >= 4 is 23.2 Å². The van der Waals surface area contributed by atoms with Gasteiger partial charge in [-0.3, -0.25) is 9.69 Å². The lowest BCUT2D eigenvalue weighted by Gasteiger charge is -2.29. The highest BCUT2D eigenvalue weighted by Crippen LogP contribution is 2.18. The Hall–Kier alpha value is -2.40. The summed E-state index contributed by atoms with van der Waals surface area (Å²) in [5, 5.41) is 11.2. The van der Waals surface area contributed by atoms with Crippen LogP contribution in [0.1, 0.15) is 30.9 Å². The van der Waals surface area contributed by atoms with Gasteiger partial charge in [-0.2, -0.15) is 24.5 Å². The number of carbonyl (C=O) groups is 2. The highest BCUT2D eigenvalue weighted by Gasteiger charge is 2.38. The van der Waals surface area contributed by atoms with E-state index in [1.807, 2.05) is 27.9 Å². The predicted octanol–water partition coefficient (Wildman–Crippen LogP) is 3.00. The molecule has 7 nitrogen and oxygen atoms in total. The van der Waals surface area contributed by atoms with Crippen molar-refractivity contribution in [2.75, 3.05) is 13.6 Å². The van der Waals surface area contributed by atoms with Crippen LogP contribution in [0.3, 0.4) is 0 Å². The van der Waals surface area contributed by atoms with Crippen LogP contribution in [0, 0.1) is 0 Å². The van der Waals surface area contributed by atoms with E-state index in [4.69, 9.17) is 9.90 Å². The summed E-state index contributed by atoms with van der Waals surface area (Å²) in [5.74, 6) is -1.56. The molecule has 3 heterocycles. The standard InChI is InChI=1S/C17H24N4OS.C2HF3O2/c1-13(2)19(3)10-15-9-18-16-11-20(5-6-21(15)16)17(22)8-14-4-7-23-12-14;3-2(4,5)1(6)7/h4,7,9,12-13H,5-6,8,10-11H2,1-3H3;(H,6,7). The zero-order chi connectivity index (χ0) is 22.5. The topological polar surface area (TPSA) is 78.7 Å². The molecule has 0 aliphatic carbocycles. The van der Waals surface area contributed by atoms with Crippen molar-refractivity contribution in [2.24, 2.45) is 0 Å². The number of halogens is 3. The van der Waals surface area contributed by atoms with Crippen molar-refractivity contribution in [2.45, 2.75) is 52.1 Å². The zero-order valence-corrected chi connectivity index (χ0v) is 17.8. The van der Waals surface area contributed by atoms with Crippen LogP contribution < -0.4 is 0 Å². The van der Waals surface area contributed by atoms with Gasteiger partial charge in [-0.15, -0.1) is 0 Å². The molecular formula is C19H25F3N4O3S. The van der Waals surface area contributed by atoms with E-state index in [9.17, 15) is 18.0 Å². The minimum atomic E-state index is -5.08. The molecule has 166 valence electrons. The first-order chi connectivity index (χ1) is 14.0. The van der Waals surface area contributed by atoms with E-state index in [-0.39, 0.29) is 5.91 Å². The van der Waals surface area contributed by atoms with Crippen molar-refractivity contribution in [3.05, 3.63) is 40.1 Å². The number of amides is 1. The first-order valence-corrected chi connectivity index (χ1v) is 10.3. The lowest BCUT2D eigenvalue weighted by molar-refractivity contribution is -0.192. The van der Waals surface area contributed by atoms with E-state index in [1.54, 1.807) is 11.3 Å². The van der Waals surface area contributed by atoms with E-state index in [0.29, 0.717) is 19.0 Å². The Morgan fingerprint density at radius 2 is 2.00 bits per heavy atom. The molecule has 11 heteroatoms. The summed E-state index contributed by atoms with van der Waals surface area (Å²) in [6, 6.07) is 2.53. The maximum absolute atomic E-state index is 12.4. The van der Waals surface area contributed by atoms with Gasteiger partial charge in [0.2, 0.25) is 5.91 Å². The highest BCUT2D eigenvalue weighted by atomic mass is 32.1. The Morgan fingerprint density at radius 3 is 2.53 bits per heavy atom. The Morgan fingerprint density at radius 1 is 1.33 bits per heavy atom. The fourth-order valence-corrected chi connectivity index (χ4v) is 3.45. The Labute approximate surface area is 176 Å². The maximum Gasteiger partial charge on any atom is 0.490 e. The van der Waals surface area contributed by atoms with Crippen LogP contribution in [0.25, 0.3) is 0 Å². The fraction of sp³-hybridized carbons (Fsp3) is 0.526. The van der Waals surface area contributed by atoms with Gasteiger partial charge >= 0.3 is 12.1 Å². The molecule has 1 N–H and O–H groups in total. The molecule has 0 fully saturated rings. The quantitative estimate of drug-likeness (QED) is 0.764. The third-order valence-electron chi connectivity index (χ3n) is 4.77. The van der Waals surface area contributed by atoms with Gasteiger partial charge in [0.05, 0.1) is 18.7 Å².